The number of methoxy groups -OCH3 is 1. The number of hydrogen-bond acceptors (Lipinski definition) is 6. The summed E-state index contributed by atoms with van der Waals surface area (Å²) in [7, 11) is 5.93. The molecular formula is C34H55NO4S. The molecule has 0 aromatic carbocycles. The lowest BCUT2D eigenvalue weighted by Gasteiger charge is -2.44. The molecule has 0 spiro atoms. The van der Waals surface area contributed by atoms with Gasteiger partial charge in [-0.25, -0.2) is 0 Å². The molecule has 2 fully saturated rings. The van der Waals surface area contributed by atoms with Crippen LogP contribution in [-0.2, 0) is 14.3 Å². The van der Waals surface area contributed by atoms with Crippen LogP contribution in [0.4, 0.5) is 0 Å². The van der Waals surface area contributed by atoms with E-state index in [1.807, 2.05) is 27.5 Å². The first-order valence-electron chi connectivity index (χ1n) is 15.4. The minimum absolute atomic E-state index is 0.285. The number of carbonyl (C=O) groups is 1. The molecule has 3 aliphatic rings. The van der Waals surface area contributed by atoms with Crippen LogP contribution in [-0.4, -0.2) is 67.0 Å². The molecule has 5 nitrogen and oxygen atoms in total. The van der Waals surface area contributed by atoms with Gasteiger partial charge in [-0.15, -0.1) is 0 Å². The Morgan fingerprint density at radius 3 is 2.60 bits per heavy atom. The molecule has 2 saturated carbocycles. The highest BCUT2D eigenvalue weighted by Gasteiger charge is 2.51. The van der Waals surface area contributed by atoms with Gasteiger partial charge in [-0.1, -0.05) is 43.2 Å². The molecule has 0 aliphatic heterocycles. The number of likely N-dealkylation sites (N-methyl/N-ethyl adjacent to an activating group) is 1. The van der Waals surface area contributed by atoms with Crippen molar-refractivity contribution in [2.45, 2.75) is 103 Å². The number of rotatable bonds is 13. The minimum atomic E-state index is -0.771. The predicted octanol–water partition coefficient (Wildman–Crippen LogP) is 7.33. The molecule has 0 aromatic rings. The minimum Gasteiger partial charge on any atom is -0.456 e. The number of fused-ring (bicyclic) bond motifs is 1. The van der Waals surface area contributed by atoms with E-state index in [-0.39, 0.29) is 5.97 Å². The number of nitrogens with zero attached hydrogens (tertiary/aromatic N) is 1. The predicted molar refractivity (Wildman–Crippen MR) is 168 cm³/mol. The molecule has 40 heavy (non-hydrogen) atoms. The van der Waals surface area contributed by atoms with Gasteiger partial charge in [0.05, 0.1) is 6.10 Å². The molecule has 0 radical (unpaired) electrons. The van der Waals surface area contributed by atoms with E-state index in [2.05, 4.69) is 43.6 Å². The molecule has 0 bridgehead atoms. The van der Waals surface area contributed by atoms with E-state index in [1.165, 1.54) is 18.9 Å². The summed E-state index contributed by atoms with van der Waals surface area (Å²) in [4.78, 5) is 14.3. The van der Waals surface area contributed by atoms with Crippen LogP contribution in [0, 0.1) is 23.7 Å². The molecule has 226 valence electrons. The molecule has 5 unspecified atom stereocenters. The van der Waals surface area contributed by atoms with Crippen molar-refractivity contribution in [3.63, 3.8) is 0 Å². The van der Waals surface area contributed by atoms with Gasteiger partial charge in [-0.2, -0.15) is 11.8 Å². The summed E-state index contributed by atoms with van der Waals surface area (Å²) in [6, 6.07) is 0. The van der Waals surface area contributed by atoms with Crippen LogP contribution < -0.4 is 0 Å². The second kappa shape index (κ2) is 15.1. The van der Waals surface area contributed by atoms with Crippen molar-refractivity contribution in [1.82, 2.24) is 4.90 Å². The van der Waals surface area contributed by atoms with Crippen LogP contribution in [0.1, 0.15) is 85.0 Å². The topological polar surface area (TPSA) is 59.0 Å². The largest absolute Gasteiger partial charge is 0.456 e. The van der Waals surface area contributed by atoms with Crippen LogP contribution >= 0.6 is 11.8 Å². The molecule has 6 heteroatoms. The van der Waals surface area contributed by atoms with Gasteiger partial charge < -0.3 is 19.5 Å². The zero-order valence-electron chi connectivity index (χ0n) is 26.2. The van der Waals surface area contributed by atoms with Crippen molar-refractivity contribution in [3.8, 4) is 0 Å². The van der Waals surface area contributed by atoms with Crippen LogP contribution in [0.25, 0.3) is 0 Å². The number of aliphatic hydroxyl groups excluding tert-OH is 1. The number of aliphatic hydroxyl groups is 1. The summed E-state index contributed by atoms with van der Waals surface area (Å²) in [5, 5.41) is 11.2. The van der Waals surface area contributed by atoms with Crippen molar-refractivity contribution < 1.29 is 19.4 Å². The van der Waals surface area contributed by atoms with E-state index < -0.39 is 11.7 Å². The van der Waals surface area contributed by atoms with Gasteiger partial charge in [0.15, 0.2) is 0 Å². The molecule has 7 atom stereocenters. The third-order valence-corrected chi connectivity index (χ3v) is 10.5. The van der Waals surface area contributed by atoms with E-state index in [0.29, 0.717) is 35.5 Å². The molecular weight excluding hydrogens is 518 g/mol. The fourth-order valence-corrected chi connectivity index (χ4v) is 8.38. The lowest BCUT2D eigenvalue weighted by molar-refractivity contribution is -0.168. The van der Waals surface area contributed by atoms with Crippen LogP contribution in [0.5, 0.6) is 0 Å². The van der Waals surface area contributed by atoms with E-state index in [9.17, 15) is 9.90 Å². The third kappa shape index (κ3) is 7.66. The van der Waals surface area contributed by atoms with Gasteiger partial charge in [0.1, 0.15) is 11.7 Å². The average molecular weight is 574 g/mol. The van der Waals surface area contributed by atoms with Crippen LogP contribution in [0.2, 0.25) is 0 Å². The van der Waals surface area contributed by atoms with E-state index in [0.717, 1.165) is 63.5 Å². The van der Waals surface area contributed by atoms with Crippen molar-refractivity contribution in [2.24, 2.45) is 23.7 Å². The normalized spacial score (nSPS) is 30.8. The van der Waals surface area contributed by atoms with E-state index >= 15 is 0 Å². The quantitative estimate of drug-likeness (QED) is 0.141. The molecule has 0 heterocycles. The van der Waals surface area contributed by atoms with Crippen molar-refractivity contribution in [1.29, 1.82) is 0 Å². The molecule has 0 aromatic heterocycles. The Morgan fingerprint density at radius 2 is 2.00 bits per heavy atom. The Morgan fingerprint density at radius 1 is 1.25 bits per heavy atom. The first-order chi connectivity index (χ1) is 19.1. The summed E-state index contributed by atoms with van der Waals surface area (Å²) in [6.07, 6.45) is 18.8. The van der Waals surface area contributed by atoms with Crippen LogP contribution in [0.3, 0.4) is 0 Å². The van der Waals surface area contributed by atoms with Gasteiger partial charge in [-0.3, -0.25) is 4.79 Å². The average Bonchev–Trinajstić information content (AvgIpc) is 3.36. The number of hydrogen-bond donors (Lipinski definition) is 1. The lowest BCUT2D eigenvalue weighted by atomic mass is 9.62. The van der Waals surface area contributed by atoms with Crippen molar-refractivity contribution >= 4 is 17.7 Å². The number of esters is 1. The maximum absolute atomic E-state index is 12.2. The van der Waals surface area contributed by atoms with Crippen LogP contribution in [0.15, 0.2) is 47.2 Å². The van der Waals surface area contributed by atoms with Crippen molar-refractivity contribution in [3.05, 3.63) is 47.2 Å². The highest BCUT2D eigenvalue weighted by molar-refractivity contribution is 7.98. The maximum Gasteiger partial charge on any atom is 0.303 e. The monoisotopic (exact) mass is 573 g/mol. The summed E-state index contributed by atoms with van der Waals surface area (Å²) < 4.78 is 11.8. The van der Waals surface area contributed by atoms with Gasteiger partial charge in [-0.05, 0) is 100 Å². The summed E-state index contributed by atoms with van der Waals surface area (Å²) in [6.45, 7) is 10.2. The number of ether oxygens (including phenoxy) is 2. The highest BCUT2D eigenvalue weighted by Crippen LogP contribution is 2.54. The second-order valence-electron chi connectivity index (χ2n) is 12.5. The Balaban J connectivity index is 2.05. The Labute approximate surface area is 248 Å². The maximum atomic E-state index is 12.2. The SMILES string of the molecule is C=C(/C=C\C(=C/C)C(CCC)C1=C2CCC(OC)CC2CCC1C1CC[C@](OC(C)=O)([C@H](O)CSC)C1)N(C)C. The fraction of sp³-hybridized carbons (Fsp3) is 0.735. The number of thioether (sulfide) groups is 1. The Kier molecular flexibility index (Phi) is 12.5. The molecule has 3 rings (SSSR count). The van der Waals surface area contributed by atoms with E-state index in [4.69, 9.17) is 9.47 Å². The summed E-state index contributed by atoms with van der Waals surface area (Å²) in [5.74, 6) is 2.10. The summed E-state index contributed by atoms with van der Waals surface area (Å²) in [5.41, 5.74) is 4.93. The molecule has 0 saturated heterocycles. The molecule has 1 N–H and O–H groups in total. The zero-order valence-corrected chi connectivity index (χ0v) is 27.0. The van der Waals surface area contributed by atoms with Gasteiger partial charge >= 0.3 is 5.97 Å². The molecule has 0 amide bonds. The Hall–Kier alpha value is -1.50. The van der Waals surface area contributed by atoms with Gasteiger partial charge in [0, 0.05) is 45.5 Å². The van der Waals surface area contributed by atoms with Gasteiger partial charge in [0.2, 0.25) is 0 Å². The second-order valence-corrected chi connectivity index (χ2v) is 13.4. The zero-order chi connectivity index (χ0) is 29.4. The number of carbonyl (C=O) groups excluding carboxylic acids is 1. The third-order valence-electron chi connectivity index (χ3n) is 9.83. The number of allylic oxidation sites excluding steroid dienone is 6. The smallest absolute Gasteiger partial charge is 0.303 e. The first-order valence-corrected chi connectivity index (χ1v) is 16.8. The van der Waals surface area contributed by atoms with Crippen molar-refractivity contribution in [2.75, 3.05) is 33.2 Å². The standard InChI is InChI=1S/C34H55NO4S/c1-9-11-29(25(10-2)13-12-23(3)35(5)6)33-30-17-15-28(38-7)20-26(30)14-16-31(33)27-18-19-34(21-27,39-24(4)36)32(37)22-40-8/h10,12-13,26-29,31-32,37H,3,9,11,14-22H2,1-2,4-8H3/b13-12-,25-10+/t26?,27?,28?,29?,31?,32-,34-/m1/s1. The highest BCUT2D eigenvalue weighted by atomic mass is 32.2. The Bertz CT molecular complexity index is 969. The fourth-order valence-electron chi connectivity index (χ4n) is 7.76. The summed E-state index contributed by atoms with van der Waals surface area (Å²) >= 11 is 1.62. The van der Waals surface area contributed by atoms with E-state index in [1.54, 1.807) is 22.9 Å². The molecule has 3 aliphatic carbocycles. The first kappa shape index (κ1) is 33.0. The van der Waals surface area contributed by atoms with Gasteiger partial charge in [0.25, 0.3) is 0 Å². The lowest BCUT2D eigenvalue weighted by Crippen LogP contribution is -2.46.